The molecule has 1 N–H and O–H groups in total. The van der Waals surface area contributed by atoms with Crippen molar-refractivity contribution >= 4 is 5.82 Å². The van der Waals surface area contributed by atoms with Gasteiger partial charge in [0.25, 0.3) is 0 Å². The zero-order valence-corrected chi connectivity index (χ0v) is 11.5. The van der Waals surface area contributed by atoms with Gasteiger partial charge in [0.15, 0.2) is 0 Å². The summed E-state index contributed by atoms with van der Waals surface area (Å²) in [6, 6.07) is 2.32. The molecule has 0 aromatic carbocycles. The Kier molecular flexibility index (Phi) is 3.51. The molecular formula is C13H14F3N5O. The van der Waals surface area contributed by atoms with E-state index in [4.69, 9.17) is 0 Å². The van der Waals surface area contributed by atoms with Gasteiger partial charge >= 0.3 is 6.18 Å². The van der Waals surface area contributed by atoms with E-state index in [1.165, 1.54) is 16.9 Å². The Morgan fingerprint density at radius 1 is 1.32 bits per heavy atom. The van der Waals surface area contributed by atoms with Gasteiger partial charge in [-0.1, -0.05) is 5.21 Å². The van der Waals surface area contributed by atoms with Crippen LogP contribution in [0.1, 0.15) is 12.0 Å². The van der Waals surface area contributed by atoms with Gasteiger partial charge < -0.3 is 10.0 Å². The number of pyridine rings is 1. The lowest BCUT2D eigenvalue weighted by Gasteiger charge is -2.23. The molecule has 0 spiro atoms. The van der Waals surface area contributed by atoms with Crippen molar-refractivity contribution in [1.82, 2.24) is 20.0 Å². The van der Waals surface area contributed by atoms with Gasteiger partial charge in [-0.25, -0.2) is 9.67 Å². The average Bonchev–Trinajstić information content (AvgIpc) is 3.08. The van der Waals surface area contributed by atoms with Crippen LogP contribution in [-0.4, -0.2) is 43.8 Å². The van der Waals surface area contributed by atoms with Crippen molar-refractivity contribution in [2.24, 2.45) is 0 Å². The average molecular weight is 313 g/mol. The third-order valence-corrected chi connectivity index (χ3v) is 3.66. The maximum Gasteiger partial charge on any atom is 0.417 e. The second-order valence-corrected chi connectivity index (χ2v) is 5.40. The van der Waals surface area contributed by atoms with Gasteiger partial charge in [-0.2, -0.15) is 13.2 Å². The van der Waals surface area contributed by atoms with Crippen molar-refractivity contribution in [2.75, 3.05) is 18.0 Å². The first-order chi connectivity index (χ1) is 10.4. The molecule has 0 aliphatic carbocycles. The van der Waals surface area contributed by atoms with E-state index < -0.39 is 17.3 Å². The summed E-state index contributed by atoms with van der Waals surface area (Å²) >= 11 is 0. The zero-order chi connectivity index (χ0) is 15.8. The highest BCUT2D eigenvalue weighted by molar-refractivity contribution is 5.42. The van der Waals surface area contributed by atoms with Crippen molar-refractivity contribution in [1.29, 1.82) is 0 Å². The van der Waals surface area contributed by atoms with Gasteiger partial charge in [0.2, 0.25) is 0 Å². The highest BCUT2D eigenvalue weighted by atomic mass is 19.4. The summed E-state index contributed by atoms with van der Waals surface area (Å²) in [6.45, 7) is 1.08. The summed E-state index contributed by atoms with van der Waals surface area (Å²) in [5, 5.41) is 18.0. The largest absolute Gasteiger partial charge is 0.417 e. The van der Waals surface area contributed by atoms with E-state index in [0.717, 1.165) is 12.3 Å². The molecule has 1 aliphatic heterocycles. The van der Waals surface area contributed by atoms with Crippen LogP contribution >= 0.6 is 0 Å². The van der Waals surface area contributed by atoms with Crippen molar-refractivity contribution in [3.8, 4) is 0 Å². The SMILES string of the molecule is OC1(Cn2ccnn2)CCN(c2ccc(C(F)(F)F)cn2)C1. The van der Waals surface area contributed by atoms with Gasteiger partial charge in [0.1, 0.15) is 11.4 Å². The number of anilines is 1. The monoisotopic (exact) mass is 313 g/mol. The van der Waals surface area contributed by atoms with E-state index in [1.807, 2.05) is 0 Å². The standard InChI is InChI=1S/C13H14F3N5O/c14-13(15,16)10-1-2-11(17-7-10)20-5-3-12(22,8-20)9-21-6-4-18-19-21/h1-2,4,6-7,22H,3,5,8-9H2. The third-order valence-electron chi connectivity index (χ3n) is 3.66. The van der Waals surface area contributed by atoms with Gasteiger partial charge in [-0.3, -0.25) is 0 Å². The Labute approximate surface area is 124 Å². The van der Waals surface area contributed by atoms with Crippen LogP contribution in [-0.2, 0) is 12.7 Å². The van der Waals surface area contributed by atoms with Crippen LogP contribution in [0.5, 0.6) is 0 Å². The second-order valence-electron chi connectivity index (χ2n) is 5.40. The van der Waals surface area contributed by atoms with Crippen LogP contribution in [0.25, 0.3) is 0 Å². The fourth-order valence-electron chi connectivity index (χ4n) is 2.54. The quantitative estimate of drug-likeness (QED) is 0.926. The number of hydrogen-bond acceptors (Lipinski definition) is 5. The molecule has 0 amide bonds. The van der Waals surface area contributed by atoms with Crippen molar-refractivity contribution in [2.45, 2.75) is 24.7 Å². The summed E-state index contributed by atoms with van der Waals surface area (Å²) in [7, 11) is 0. The molecule has 1 unspecified atom stereocenters. The number of alkyl halides is 3. The maximum atomic E-state index is 12.5. The molecule has 1 fully saturated rings. The van der Waals surface area contributed by atoms with E-state index in [-0.39, 0.29) is 13.1 Å². The van der Waals surface area contributed by atoms with E-state index in [2.05, 4.69) is 15.3 Å². The molecule has 3 heterocycles. The predicted octanol–water partition coefficient (Wildman–Crippen LogP) is 1.33. The molecule has 3 rings (SSSR count). The minimum Gasteiger partial charge on any atom is -0.386 e. The Morgan fingerprint density at radius 2 is 2.14 bits per heavy atom. The minimum atomic E-state index is -4.40. The summed E-state index contributed by atoms with van der Waals surface area (Å²) in [5.41, 5.74) is -1.79. The number of rotatable bonds is 3. The number of β-amino-alcohol motifs (C(OH)–C–C–N with tert-alkyl or cyclic N) is 1. The molecule has 0 radical (unpaired) electrons. The number of nitrogens with zero attached hydrogens (tertiary/aromatic N) is 5. The maximum absolute atomic E-state index is 12.5. The molecule has 118 valence electrons. The number of aliphatic hydroxyl groups is 1. The molecular weight excluding hydrogens is 299 g/mol. The van der Waals surface area contributed by atoms with Crippen LogP contribution in [0, 0.1) is 0 Å². The Bertz CT molecular complexity index is 628. The topological polar surface area (TPSA) is 67.1 Å². The summed E-state index contributed by atoms with van der Waals surface area (Å²) in [4.78, 5) is 5.61. The van der Waals surface area contributed by atoms with Crippen LogP contribution in [0.15, 0.2) is 30.7 Å². The van der Waals surface area contributed by atoms with E-state index in [9.17, 15) is 18.3 Å². The second kappa shape index (κ2) is 5.24. The van der Waals surface area contributed by atoms with Gasteiger partial charge in [-0.15, -0.1) is 5.10 Å². The van der Waals surface area contributed by atoms with Crippen LogP contribution in [0.4, 0.5) is 19.0 Å². The van der Waals surface area contributed by atoms with E-state index in [1.54, 1.807) is 11.1 Å². The minimum absolute atomic E-state index is 0.282. The highest BCUT2D eigenvalue weighted by Gasteiger charge is 2.38. The lowest BCUT2D eigenvalue weighted by atomic mass is 10.0. The number of hydrogen-bond donors (Lipinski definition) is 1. The Balaban J connectivity index is 1.69. The Hall–Kier alpha value is -2.16. The van der Waals surface area contributed by atoms with Gasteiger partial charge in [0, 0.05) is 25.5 Å². The summed E-state index contributed by atoms with van der Waals surface area (Å²) in [6.07, 6.45) is 0.0640. The van der Waals surface area contributed by atoms with Gasteiger partial charge in [0.05, 0.1) is 18.3 Å². The third kappa shape index (κ3) is 3.03. The molecule has 0 bridgehead atoms. The fraction of sp³-hybridized carbons (Fsp3) is 0.462. The Morgan fingerprint density at radius 3 is 2.73 bits per heavy atom. The molecule has 1 saturated heterocycles. The van der Waals surface area contributed by atoms with E-state index in [0.29, 0.717) is 18.8 Å². The first-order valence-corrected chi connectivity index (χ1v) is 6.70. The fourth-order valence-corrected chi connectivity index (χ4v) is 2.54. The van der Waals surface area contributed by atoms with Gasteiger partial charge in [-0.05, 0) is 18.6 Å². The van der Waals surface area contributed by atoms with Crippen molar-refractivity contribution in [3.05, 3.63) is 36.3 Å². The van der Waals surface area contributed by atoms with Crippen molar-refractivity contribution in [3.63, 3.8) is 0 Å². The first kappa shape index (κ1) is 14.8. The molecule has 2 aromatic rings. The van der Waals surface area contributed by atoms with Crippen LogP contribution in [0.3, 0.4) is 0 Å². The summed E-state index contributed by atoms with van der Waals surface area (Å²) in [5.74, 6) is 0.419. The highest BCUT2D eigenvalue weighted by Crippen LogP contribution is 2.31. The first-order valence-electron chi connectivity index (χ1n) is 6.70. The number of aromatic nitrogens is 4. The van der Waals surface area contributed by atoms with Crippen molar-refractivity contribution < 1.29 is 18.3 Å². The summed E-state index contributed by atoms with van der Waals surface area (Å²) < 4.78 is 39.1. The van der Waals surface area contributed by atoms with Crippen LogP contribution in [0.2, 0.25) is 0 Å². The molecule has 2 aromatic heterocycles. The number of halogens is 3. The molecule has 0 saturated carbocycles. The normalized spacial score (nSPS) is 22.3. The zero-order valence-electron chi connectivity index (χ0n) is 11.5. The molecule has 6 nitrogen and oxygen atoms in total. The lowest BCUT2D eigenvalue weighted by molar-refractivity contribution is -0.137. The molecule has 9 heteroatoms. The molecule has 1 atom stereocenters. The lowest BCUT2D eigenvalue weighted by Crippen LogP contribution is -2.38. The molecule has 1 aliphatic rings. The molecule has 22 heavy (non-hydrogen) atoms. The van der Waals surface area contributed by atoms with Crippen LogP contribution < -0.4 is 4.90 Å². The smallest absolute Gasteiger partial charge is 0.386 e. The van der Waals surface area contributed by atoms with E-state index >= 15 is 0 Å². The predicted molar refractivity (Wildman–Crippen MR) is 71.0 cm³/mol.